The topological polar surface area (TPSA) is 82.2 Å². The Hall–Kier alpha value is -2.70. The zero-order valence-electron chi connectivity index (χ0n) is 15.6. The number of likely N-dealkylation sites (tertiary alicyclic amines) is 2. The van der Waals surface area contributed by atoms with Crippen molar-refractivity contribution in [2.45, 2.75) is 39.2 Å². The van der Waals surface area contributed by atoms with Crippen molar-refractivity contribution < 1.29 is 9.59 Å². The van der Waals surface area contributed by atoms with Gasteiger partial charge in [-0.1, -0.05) is 0 Å². The van der Waals surface area contributed by atoms with Crippen molar-refractivity contribution in [3.8, 4) is 0 Å². The number of hydrogen-bond donors (Lipinski definition) is 1. The number of aromatic amines is 1. The number of nitrogens with one attached hydrogen (secondary N) is 1. The van der Waals surface area contributed by atoms with Crippen LogP contribution in [-0.4, -0.2) is 56.2 Å². The molecular weight excluding hydrogens is 342 g/mol. The third kappa shape index (κ3) is 3.72. The van der Waals surface area contributed by atoms with Gasteiger partial charge in [-0.25, -0.2) is 0 Å². The Balaban J connectivity index is 1.47. The van der Waals surface area contributed by atoms with Crippen LogP contribution in [0.2, 0.25) is 0 Å². The first kappa shape index (κ1) is 17.7. The average molecular weight is 367 g/mol. The van der Waals surface area contributed by atoms with Crippen LogP contribution in [-0.2, 0) is 11.3 Å². The maximum Gasteiger partial charge on any atom is 0.270 e. The Kier molecular flexibility index (Phi) is 4.68. The molecule has 2 aliphatic heterocycles. The Bertz CT molecular complexity index is 817. The van der Waals surface area contributed by atoms with Gasteiger partial charge in [-0.2, -0.15) is 0 Å². The van der Waals surface area contributed by atoms with Gasteiger partial charge < -0.3 is 14.8 Å². The van der Waals surface area contributed by atoms with Crippen molar-refractivity contribution >= 4 is 11.8 Å². The van der Waals surface area contributed by atoms with Crippen LogP contribution in [0.15, 0.2) is 30.7 Å². The first-order valence-corrected chi connectivity index (χ1v) is 9.53. The van der Waals surface area contributed by atoms with Gasteiger partial charge in [0.25, 0.3) is 5.91 Å². The number of nitrogens with zero attached hydrogens (tertiary/aromatic N) is 4. The SMILES string of the molecule is Cc1cnc(CN2C[C@]3(CCCN(C(=O)c4ccc[nH]4)C3)CCC2=O)cn1. The van der Waals surface area contributed by atoms with Gasteiger partial charge in [0.15, 0.2) is 0 Å². The lowest BCUT2D eigenvalue weighted by Gasteiger charge is -2.48. The lowest BCUT2D eigenvalue weighted by Crippen LogP contribution is -2.54. The van der Waals surface area contributed by atoms with E-state index < -0.39 is 0 Å². The number of hydrogen-bond acceptors (Lipinski definition) is 4. The Morgan fingerprint density at radius 3 is 2.89 bits per heavy atom. The van der Waals surface area contributed by atoms with Gasteiger partial charge in [0, 0.05) is 43.9 Å². The smallest absolute Gasteiger partial charge is 0.270 e. The Morgan fingerprint density at radius 2 is 2.15 bits per heavy atom. The quantitative estimate of drug-likeness (QED) is 0.901. The largest absolute Gasteiger partial charge is 0.357 e. The number of aromatic nitrogens is 3. The van der Waals surface area contributed by atoms with E-state index in [2.05, 4.69) is 15.0 Å². The van der Waals surface area contributed by atoms with E-state index in [9.17, 15) is 9.59 Å². The third-order valence-corrected chi connectivity index (χ3v) is 5.71. The molecule has 4 rings (SSSR count). The lowest BCUT2D eigenvalue weighted by molar-refractivity contribution is -0.139. The summed E-state index contributed by atoms with van der Waals surface area (Å²) in [5.74, 6) is 0.211. The summed E-state index contributed by atoms with van der Waals surface area (Å²) >= 11 is 0. The Labute approximate surface area is 158 Å². The molecule has 0 aliphatic carbocycles. The summed E-state index contributed by atoms with van der Waals surface area (Å²) in [5.41, 5.74) is 2.28. The van der Waals surface area contributed by atoms with E-state index in [0.29, 0.717) is 31.7 Å². The minimum atomic E-state index is -0.0213. The summed E-state index contributed by atoms with van der Waals surface area (Å²) in [6, 6.07) is 3.66. The van der Waals surface area contributed by atoms with E-state index in [0.717, 1.165) is 37.2 Å². The summed E-state index contributed by atoms with van der Waals surface area (Å²) in [5, 5.41) is 0. The maximum absolute atomic E-state index is 12.8. The highest BCUT2D eigenvalue weighted by Crippen LogP contribution is 2.39. The third-order valence-electron chi connectivity index (χ3n) is 5.71. The van der Waals surface area contributed by atoms with Crippen molar-refractivity contribution in [2.24, 2.45) is 5.41 Å². The van der Waals surface area contributed by atoms with Crippen LogP contribution in [0.25, 0.3) is 0 Å². The van der Waals surface area contributed by atoms with Gasteiger partial charge in [0.1, 0.15) is 5.69 Å². The molecule has 2 amide bonds. The first-order chi connectivity index (χ1) is 13.0. The van der Waals surface area contributed by atoms with Crippen molar-refractivity contribution in [1.29, 1.82) is 0 Å². The molecule has 1 spiro atoms. The lowest BCUT2D eigenvalue weighted by atomic mass is 9.73. The normalized spacial score (nSPS) is 23.1. The number of rotatable bonds is 3. The van der Waals surface area contributed by atoms with E-state index >= 15 is 0 Å². The number of amides is 2. The van der Waals surface area contributed by atoms with E-state index in [4.69, 9.17) is 0 Å². The first-order valence-electron chi connectivity index (χ1n) is 9.53. The fraction of sp³-hybridized carbons (Fsp3) is 0.500. The van der Waals surface area contributed by atoms with Crippen LogP contribution in [0.1, 0.15) is 47.6 Å². The molecule has 0 bridgehead atoms. The second-order valence-corrected chi connectivity index (χ2v) is 7.81. The summed E-state index contributed by atoms with van der Waals surface area (Å²) in [7, 11) is 0. The summed E-state index contributed by atoms with van der Waals surface area (Å²) in [4.78, 5) is 40.8. The number of aryl methyl sites for hydroxylation is 1. The molecule has 4 heterocycles. The molecule has 0 aromatic carbocycles. The molecule has 1 N–H and O–H groups in total. The summed E-state index contributed by atoms with van der Waals surface area (Å²) in [6.07, 6.45) is 8.64. The van der Waals surface area contributed by atoms with Crippen LogP contribution >= 0.6 is 0 Å². The highest BCUT2D eigenvalue weighted by molar-refractivity contribution is 5.92. The van der Waals surface area contributed by atoms with E-state index in [-0.39, 0.29) is 17.2 Å². The molecule has 1 atom stereocenters. The molecular formula is C20H25N5O2. The van der Waals surface area contributed by atoms with E-state index in [1.165, 1.54) is 0 Å². The van der Waals surface area contributed by atoms with Crippen LogP contribution in [0, 0.1) is 12.3 Å². The van der Waals surface area contributed by atoms with Gasteiger partial charge in [0.05, 0.1) is 24.1 Å². The molecule has 7 heteroatoms. The monoisotopic (exact) mass is 367 g/mol. The minimum Gasteiger partial charge on any atom is -0.357 e. The number of carbonyl (C=O) groups is 2. The minimum absolute atomic E-state index is 0.0213. The molecule has 142 valence electrons. The molecule has 7 nitrogen and oxygen atoms in total. The molecule has 2 aliphatic rings. The highest BCUT2D eigenvalue weighted by atomic mass is 16.2. The number of H-pyrrole nitrogens is 1. The molecule has 0 radical (unpaired) electrons. The van der Waals surface area contributed by atoms with Gasteiger partial charge in [-0.3, -0.25) is 19.6 Å². The standard InChI is InChI=1S/C20H25N5O2/c1-15-10-23-16(11-22-15)12-25-14-20(7-5-18(25)26)6-3-9-24(13-20)19(27)17-4-2-8-21-17/h2,4,8,10-11,21H,3,5-7,9,12-14H2,1H3/t20-/m1/s1. The van der Waals surface area contributed by atoms with Gasteiger partial charge in [-0.05, 0) is 38.3 Å². The number of piperidine rings is 2. The molecule has 27 heavy (non-hydrogen) atoms. The van der Waals surface area contributed by atoms with Crippen molar-refractivity contribution in [3.63, 3.8) is 0 Å². The molecule has 2 aromatic heterocycles. The summed E-state index contributed by atoms with van der Waals surface area (Å²) in [6.45, 7) is 4.54. The van der Waals surface area contributed by atoms with Crippen LogP contribution < -0.4 is 0 Å². The predicted molar refractivity (Wildman–Crippen MR) is 99.8 cm³/mol. The summed E-state index contributed by atoms with van der Waals surface area (Å²) < 4.78 is 0. The zero-order valence-corrected chi connectivity index (χ0v) is 15.6. The number of carbonyl (C=O) groups excluding carboxylic acids is 2. The Morgan fingerprint density at radius 1 is 1.26 bits per heavy atom. The van der Waals surface area contributed by atoms with Gasteiger partial charge in [-0.15, -0.1) is 0 Å². The van der Waals surface area contributed by atoms with Crippen LogP contribution in [0.5, 0.6) is 0 Å². The molecule has 2 fully saturated rings. The fourth-order valence-corrected chi connectivity index (χ4v) is 4.29. The van der Waals surface area contributed by atoms with Crippen molar-refractivity contribution in [1.82, 2.24) is 24.8 Å². The average Bonchev–Trinajstić information content (AvgIpc) is 3.21. The van der Waals surface area contributed by atoms with Gasteiger partial charge >= 0.3 is 0 Å². The van der Waals surface area contributed by atoms with Crippen molar-refractivity contribution in [3.05, 3.63) is 47.8 Å². The predicted octanol–water partition coefficient (Wildman–Crippen LogP) is 2.16. The van der Waals surface area contributed by atoms with E-state index in [1.807, 2.05) is 28.9 Å². The van der Waals surface area contributed by atoms with Crippen molar-refractivity contribution in [2.75, 3.05) is 19.6 Å². The molecule has 2 aromatic rings. The van der Waals surface area contributed by atoms with Crippen LogP contribution in [0.3, 0.4) is 0 Å². The second-order valence-electron chi connectivity index (χ2n) is 7.81. The van der Waals surface area contributed by atoms with Crippen LogP contribution in [0.4, 0.5) is 0 Å². The second kappa shape index (κ2) is 7.13. The molecule has 2 saturated heterocycles. The molecule has 0 saturated carbocycles. The van der Waals surface area contributed by atoms with E-state index in [1.54, 1.807) is 18.6 Å². The zero-order chi connectivity index (χ0) is 18.9. The molecule has 0 unspecified atom stereocenters. The van der Waals surface area contributed by atoms with Gasteiger partial charge in [0.2, 0.25) is 5.91 Å². The highest BCUT2D eigenvalue weighted by Gasteiger charge is 2.43. The fourth-order valence-electron chi connectivity index (χ4n) is 4.29. The maximum atomic E-state index is 12.8.